The van der Waals surface area contributed by atoms with Gasteiger partial charge in [0.25, 0.3) is 0 Å². The monoisotopic (exact) mass is 284 g/mol. The molecule has 1 N–H and O–H groups in total. The predicted molar refractivity (Wildman–Crippen MR) is 83.1 cm³/mol. The Morgan fingerprint density at radius 3 is 2.68 bits per heavy atom. The molecule has 0 aromatic heterocycles. The minimum absolute atomic E-state index is 0.596. The van der Waals surface area contributed by atoms with Crippen molar-refractivity contribution in [2.75, 3.05) is 38.8 Å². The number of anilines is 1. The van der Waals surface area contributed by atoms with Gasteiger partial charge >= 0.3 is 0 Å². The van der Waals surface area contributed by atoms with Crippen LogP contribution in [0.3, 0.4) is 0 Å². The van der Waals surface area contributed by atoms with Gasteiger partial charge in [-0.05, 0) is 30.7 Å². The highest BCUT2D eigenvalue weighted by Gasteiger charge is 2.13. The zero-order chi connectivity index (χ0) is 14.3. The lowest BCUT2D eigenvalue weighted by Gasteiger charge is -2.29. The van der Waals surface area contributed by atoms with Gasteiger partial charge in [0.2, 0.25) is 0 Å². The van der Waals surface area contributed by atoms with Crippen molar-refractivity contribution in [3.05, 3.63) is 28.8 Å². The van der Waals surface area contributed by atoms with Gasteiger partial charge < -0.3 is 15.0 Å². The zero-order valence-electron chi connectivity index (χ0n) is 12.4. The molecular weight excluding hydrogens is 260 g/mol. The normalized spacial score (nSPS) is 11.1. The van der Waals surface area contributed by atoms with Crippen LogP contribution in [0.1, 0.15) is 19.4 Å². The van der Waals surface area contributed by atoms with Gasteiger partial charge in [0.15, 0.2) is 0 Å². The molecule has 19 heavy (non-hydrogen) atoms. The molecular formula is C15H25ClN2O. The highest BCUT2D eigenvalue weighted by molar-refractivity contribution is 6.30. The molecule has 1 aromatic rings. The van der Waals surface area contributed by atoms with E-state index in [9.17, 15) is 0 Å². The summed E-state index contributed by atoms with van der Waals surface area (Å²) >= 11 is 6.15. The molecule has 4 heteroatoms. The Morgan fingerprint density at radius 2 is 2.11 bits per heavy atom. The summed E-state index contributed by atoms with van der Waals surface area (Å²) in [4.78, 5) is 2.35. The van der Waals surface area contributed by atoms with Crippen LogP contribution in [0.25, 0.3) is 0 Å². The zero-order valence-corrected chi connectivity index (χ0v) is 13.1. The molecule has 0 aliphatic heterocycles. The molecule has 108 valence electrons. The van der Waals surface area contributed by atoms with Gasteiger partial charge in [0.1, 0.15) is 0 Å². The third-order valence-corrected chi connectivity index (χ3v) is 3.14. The Balaban J connectivity index is 3.00. The maximum atomic E-state index is 6.15. The molecule has 1 rings (SSSR count). The van der Waals surface area contributed by atoms with Crippen LogP contribution in [0.5, 0.6) is 0 Å². The highest BCUT2D eigenvalue weighted by Crippen LogP contribution is 2.25. The fourth-order valence-corrected chi connectivity index (χ4v) is 2.29. The highest BCUT2D eigenvalue weighted by atomic mass is 35.5. The first-order valence-electron chi connectivity index (χ1n) is 6.75. The molecule has 0 amide bonds. The summed E-state index contributed by atoms with van der Waals surface area (Å²) in [5.74, 6) is 0.596. The van der Waals surface area contributed by atoms with E-state index in [4.69, 9.17) is 16.3 Å². The molecule has 0 fully saturated rings. The molecule has 0 unspecified atom stereocenters. The minimum Gasteiger partial charge on any atom is -0.383 e. The minimum atomic E-state index is 0.596. The van der Waals surface area contributed by atoms with Gasteiger partial charge in [0.05, 0.1) is 6.61 Å². The van der Waals surface area contributed by atoms with Crippen molar-refractivity contribution in [2.24, 2.45) is 5.92 Å². The van der Waals surface area contributed by atoms with Gasteiger partial charge in [-0.15, -0.1) is 0 Å². The number of methoxy groups -OCH3 is 1. The summed E-state index contributed by atoms with van der Waals surface area (Å²) in [6, 6.07) is 6.09. The van der Waals surface area contributed by atoms with E-state index < -0.39 is 0 Å². The second kappa shape index (κ2) is 8.41. The van der Waals surface area contributed by atoms with E-state index in [-0.39, 0.29) is 0 Å². The number of nitrogens with zero attached hydrogens (tertiary/aromatic N) is 1. The first-order chi connectivity index (χ1) is 9.08. The van der Waals surface area contributed by atoms with Crippen LogP contribution in [0.15, 0.2) is 18.2 Å². The predicted octanol–water partition coefficient (Wildman–Crippen LogP) is 3.17. The Kier molecular flexibility index (Phi) is 7.21. The number of hydrogen-bond acceptors (Lipinski definition) is 3. The number of nitrogens with one attached hydrogen (secondary N) is 1. The van der Waals surface area contributed by atoms with E-state index in [0.29, 0.717) is 5.92 Å². The summed E-state index contributed by atoms with van der Waals surface area (Å²) in [7, 11) is 3.69. The molecule has 0 aliphatic rings. The maximum absolute atomic E-state index is 6.15. The molecule has 1 aromatic carbocycles. The molecule has 0 radical (unpaired) electrons. The molecule has 0 heterocycles. The van der Waals surface area contributed by atoms with Crippen molar-refractivity contribution in [3.63, 3.8) is 0 Å². The quantitative estimate of drug-likeness (QED) is 0.794. The van der Waals surface area contributed by atoms with Crippen molar-refractivity contribution in [1.29, 1.82) is 0 Å². The average Bonchev–Trinajstić information content (AvgIpc) is 2.36. The van der Waals surface area contributed by atoms with E-state index in [1.54, 1.807) is 7.11 Å². The van der Waals surface area contributed by atoms with Crippen LogP contribution in [0.4, 0.5) is 5.69 Å². The number of ether oxygens (including phenoxy) is 1. The van der Waals surface area contributed by atoms with Gasteiger partial charge in [-0.3, -0.25) is 0 Å². The third-order valence-electron chi connectivity index (χ3n) is 2.91. The fraction of sp³-hybridized carbons (Fsp3) is 0.600. The van der Waals surface area contributed by atoms with Crippen LogP contribution in [-0.4, -0.2) is 33.9 Å². The third kappa shape index (κ3) is 5.39. The first-order valence-corrected chi connectivity index (χ1v) is 7.13. The van der Waals surface area contributed by atoms with Crippen molar-refractivity contribution in [3.8, 4) is 0 Å². The van der Waals surface area contributed by atoms with Gasteiger partial charge in [-0.2, -0.15) is 0 Å². The Bertz CT molecular complexity index is 382. The Hall–Kier alpha value is -0.770. The van der Waals surface area contributed by atoms with Gasteiger partial charge in [0, 0.05) is 37.5 Å². The lowest BCUT2D eigenvalue weighted by atomic mass is 10.1. The van der Waals surface area contributed by atoms with Crippen molar-refractivity contribution >= 4 is 17.3 Å². The smallest absolute Gasteiger partial charge is 0.0637 e. The van der Waals surface area contributed by atoms with Crippen LogP contribution < -0.4 is 10.2 Å². The summed E-state index contributed by atoms with van der Waals surface area (Å²) in [6.45, 7) is 7.89. The Morgan fingerprint density at radius 1 is 1.37 bits per heavy atom. The van der Waals surface area contributed by atoms with E-state index in [1.807, 2.05) is 19.2 Å². The molecule has 0 atom stereocenters. The first kappa shape index (κ1) is 16.3. The van der Waals surface area contributed by atoms with E-state index in [2.05, 4.69) is 30.1 Å². The van der Waals surface area contributed by atoms with Crippen LogP contribution >= 0.6 is 11.6 Å². The van der Waals surface area contributed by atoms with Gasteiger partial charge in [-0.1, -0.05) is 31.5 Å². The van der Waals surface area contributed by atoms with Gasteiger partial charge in [-0.25, -0.2) is 0 Å². The maximum Gasteiger partial charge on any atom is 0.0637 e. The number of rotatable bonds is 8. The molecule has 0 aliphatic carbocycles. The topological polar surface area (TPSA) is 24.5 Å². The van der Waals surface area contributed by atoms with Crippen molar-refractivity contribution in [2.45, 2.75) is 20.4 Å². The molecule has 0 saturated carbocycles. The van der Waals surface area contributed by atoms with E-state index in [1.165, 1.54) is 11.3 Å². The number of hydrogen-bond donors (Lipinski definition) is 1. The molecule has 0 spiro atoms. The fourth-order valence-electron chi connectivity index (χ4n) is 2.12. The second-order valence-corrected chi connectivity index (χ2v) is 5.57. The summed E-state index contributed by atoms with van der Waals surface area (Å²) < 4.78 is 5.22. The summed E-state index contributed by atoms with van der Waals surface area (Å²) in [5, 5.41) is 3.99. The van der Waals surface area contributed by atoms with Crippen molar-refractivity contribution < 1.29 is 4.74 Å². The lowest BCUT2D eigenvalue weighted by molar-refractivity contribution is 0.204. The Labute approximate surface area is 121 Å². The van der Waals surface area contributed by atoms with Crippen LogP contribution in [0, 0.1) is 5.92 Å². The molecule has 0 saturated heterocycles. The number of benzene rings is 1. The lowest BCUT2D eigenvalue weighted by Crippen LogP contribution is -2.32. The van der Waals surface area contributed by atoms with Crippen molar-refractivity contribution in [1.82, 2.24) is 5.32 Å². The van der Waals surface area contributed by atoms with Crippen LogP contribution in [-0.2, 0) is 11.3 Å². The standard InChI is InChI=1S/C15H25ClN2O/c1-12(2)11-18(7-8-19-4)15-9-14(16)6-5-13(15)10-17-3/h5-6,9,12,17H,7-8,10-11H2,1-4H3. The van der Waals surface area contributed by atoms with E-state index in [0.717, 1.165) is 31.3 Å². The second-order valence-electron chi connectivity index (χ2n) is 5.14. The summed E-state index contributed by atoms with van der Waals surface area (Å²) in [5.41, 5.74) is 2.47. The van der Waals surface area contributed by atoms with E-state index >= 15 is 0 Å². The average molecular weight is 285 g/mol. The largest absolute Gasteiger partial charge is 0.383 e. The summed E-state index contributed by atoms with van der Waals surface area (Å²) in [6.07, 6.45) is 0. The number of halogens is 1. The van der Waals surface area contributed by atoms with Crippen LogP contribution in [0.2, 0.25) is 5.02 Å². The molecule has 0 bridgehead atoms. The molecule has 3 nitrogen and oxygen atoms in total. The SMILES string of the molecule is CNCc1ccc(Cl)cc1N(CCOC)CC(C)C.